The van der Waals surface area contributed by atoms with Crippen LogP contribution in [0.2, 0.25) is 0 Å². The minimum atomic E-state index is -6.24. The van der Waals surface area contributed by atoms with Crippen molar-refractivity contribution in [2.45, 2.75) is 31.8 Å². The number of aryl methyl sites for hydroxylation is 2. The van der Waals surface area contributed by atoms with E-state index in [1.165, 1.54) is 42.5 Å². The molecule has 0 aromatic heterocycles. The van der Waals surface area contributed by atoms with E-state index >= 15 is 0 Å². The predicted molar refractivity (Wildman–Crippen MR) is 134 cm³/mol. The maximum absolute atomic E-state index is 13.9. The van der Waals surface area contributed by atoms with Crippen LogP contribution in [0.1, 0.15) is 37.4 Å². The molecular formula is C26H21F7N2O5S. The molecule has 0 unspecified atom stereocenters. The van der Waals surface area contributed by atoms with E-state index in [0.717, 1.165) is 19.9 Å². The van der Waals surface area contributed by atoms with Crippen molar-refractivity contribution in [2.75, 3.05) is 16.9 Å². The second kappa shape index (κ2) is 11.1. The fourth-order valence-corrected chi connectivity index (χ4v) is 4.73. The number of hydrogen-bond acceptors (Lipinski definition) is 5. The second-order valence-corrected chi connectivity index (χ2v) is 10.5. The van der Waals surface area contributed by atoms with Gasteiger partial charge in [0.05, 0.1) is 11.8 Å². The molecule has 0 aliphatic heterocycles. The highest BCUT2D eigenvalue weighted by atomic mass is 32.2. The average molecular weight is 607 g/mol. The van der Waals surface area contributed by atoms with Crippen molar-refractivity contribution in [1.29, 1.82) is 0 Å². The summed E-state index contributed by atoms with van der Waals surface area (Å²) in [6.45, 7) is 2.21. The van der Waals surface area contributed by atoms with Crippen molar-refractivity contribution >= 4 is 33.3 Å². The van der Waals surface area contributed by atoms with Crippen LogP contribution >= 0.6 is 0 Å². The summed E-state index contributed by atoms with van der Waals surface area (Å²) >= 11 is 0. The lowest BCUT2D eigenvalue weighted by Crippen LogP contribution is -2.56. The number of benzene rings is 3. The molecule has 3 rings (SSSR count). The molecule has 15 heteroatoms. The summed E-state index contributed by atoms with van der Waals surface area (Å²) in [5, 5.41) is 4.80. The highest BCUT2D eigenvalue weighted by molar-refractivity contribution is 7.86. The fraction of sp³-hybridized carbons (Fsp3) is 0.231. The van der Waals surface area contributed by atoms with E-state index in [1.807, 2.05) is 0 Å². The number of carbonyl (C=O) groups excluding carboxylic acids is 2. The zero-order chi connectivity index (χ0) is 31.0. The molecule has 0 aliphatic carbocycles. The topological polar surface area (TPSA) is 102 Å². The van der Waals surface area contributed by atoms with E-state index in [-0.39, 0.29) is 39.9 Å². The van der Waals surface area contributed by atoms with E-state index in [9.17, 15) is 48.7 Å². The molecule has 2 amide bonds. The summed E-state index contributed by atoms with van der Waals surface area (Å²) in [6, 6.07) is 11.3. The van der Waals surface area contributed by atoms with Gasteiger partial charge in [-0.05, 0) is 55.3 Å². The van der Waals surface area contributed by atoms with E-state index < -0.39 is 51.3 Å². The van der Waals surface area contributed by atoms with Gasteiger partial charge >= 0.3 is 18.0 Å². The molecule has 3 aromatic rings. The first-order chi connectivity index (χ1) is 18.8. The highest BCUT2D eigenvalue weighted by Gasteiger charge is 2.75. The molecule has 0 bridgehead atoms. The van der Waals surface area contributed by atoms with Crippen LogP contribution in [0.5, 0.6) is 0 Å². The third-order valence-corrected chi connectivity index (χ3v) is 6.31. The number of anilines is 2. The van der Waals surface area contributed by atoms with Crippen molar-refractivity contribution in [2.24, 2.45) is 0 Å². The maximum Gasteiger partial charge on any atom is 0.432 e. The summed E-state index contributed by atoms with van der Waals surface area (Å²) in [5.41, 5.74) is -7.71. The van der Waals surface area contributed by atoms with Crippen molar-refractivity contribution in [3.8, 4) is 0 Å². The molecule has 0 saturated carbocycles. The van der Waals surface area contributed by atoms with Gasteiger partial charge in [0.25, 0.3) is 21.9 Å². The molecule has 0 atom stereocenters. The third kappa shape index (κ3) is 6.68. The first-order valence-electron chi connectivity index (χ1n) is 11.4. The van der Waals surface area contributed by atoms with Crippen LogP contribution < -0.4 is 10.6 Å². The third-order valence-electron chi connectivity index (χ3n) is 5.75. The van der Waals surface area contributed by atoms with Crippen molar-refractivity contribution in [3.63, 3.8) is 0 Å². The van der Waals surface area contributed by atoms with Crippen molar-refractivity contribution < 1.29 is 52.9 Å². The molecule has 0 radical (unpaired) electrons. The van der Waals surface area contributed by atoms with Crippen molar-refractivity contribution in [3.05, 3.63) is 94.3 Å². The number of nitrogens with one attached hydrogen (secondary N) is 2. The molecule has 0 spiro atoms. The zero-order valence-electron chi connectivity index (χ0n) is 21.4. The number of carbonyl (C=O) groups is 2. The molecular weight excluding hydrogens is 585 g/mol. The van der Waals surface area contributed by atoms with Gasteiger partial charge in [-0.1, -0.05) is 30.3 Å². The molecule has 0 saturated heterocycles. The quantitative estimate of drug-likeness (QED) is 0.245. The van der Waals surface area contributed by atoms with E-state index in [4.69, 9.17) is 0 Å². The summed E-state index contributed by atoms with van der Waals surface area (Å²) in [4.78, 5) is 25.3. The number of rotatable bonds is 7. The monoisotopic (exact) mass is 606 g/mol. The molecule has 220 valence electrons. The van der Waals surface area contributed by atoms with Gasteiger partial charge in [-0.15, -0.1) is 0 Å². The Morgan fingerprint density at radius 2 is 1.34 bits per heavy atom. The first kappa shape index (κ1) is 31.5. The van der Waals surface area contributed by atoms with Crippen LogP contribution in [0.4, 0.5) is 42.1 Å². The van der Waals surface area contributed by atoms with Gasteiger partial charge < -0.3 is 10.6 Å². The normalized spacial score (nSPS) is 12.6. The largest absolute Gasteiger partial charge is 0.432 e. The minimum Gasteiger partial charge on any atom is -0.322 e. The number of halogens is 7. The van der Waals surface area contributed by atoms with Crippen LogP contribution in [0, 0.1) is 19.7 Å². The second-order valence-electron chi connectivity index (χ2n) is 8.92. The predicted octanol–water partition coefficient (Wildman–Crippen LogP) is 6.24. The SMILES string of the molecule is Cc1cc(C(OS(C)(=O)=O)(C(F)(F)F)C(F)(F)F)cc(C)c1NC(=O)c1cccc(NC(=O)c2ccccc2F)c1. The van der Waals surface area contributed by atoms with Crippen LogP contribution in [-0.2, 0) is 19.9 Å². The van der Waals surface area contributed by atoms with E-state index in [1.54, 1.807) is 0 Å². The average Bonchev–Trinajstić information content (AvgIpc) is 2.82. The molecule has 41 heavy (non-hydrogen) atoms. The van der Waals surface area contributed by atoms with Gasteiger partial charge in [0.15, 0.2) is 0 Å². The number of alkyl halides is 6. The van der Waals surface area contributed by atoms with Gasteiger partial charge in [-0.3, -0.25) is 9.59 Å². The molecule has 3 aromatic carbocycles. The Balaban J connectivity index is 1.96. The summed E-state index contributed by atoms with van der Waals surface area (Å²) in [7, 11) is -5.28. The summed E-state index contributed by atoms with van der Waals surface area (Å²) in [5.74, 6) is -2.44. The van der Waals surface area contributed by atoms with E-state index in [2.05, 4.69) is 14.8 Å². The van der Waals surface area contributed by atoms with Crippen LogP contribution in [0.15, 0.2) is 60.7 Å². The van der Waals surface area contributed by atoms with Crippen LogP contribution in [-0.4, -0.2) is 38.8 Å². The fourth-order valence-electron chi connectivity index (χ4n) is 3.99. The van der Waals surface area contributed by atoms with Gasteiger partial charge in [0.1, 0.15) is 5.82 Å². The number of amides is 2. The molecule has 0 fully saturated rings. The summed E-state index contributed by atoms with van der Waals surface area (Å²) < 4.78 is 124. The molecule has 2 N–H and O–H groups in total. The lowest BCUT2D eigenvalue weighted by atomic mass is 9.89. The van der Waals surface area contributed by atoms with E-state index in [0.29, 0.717) is 12.1 Å². The Bertz CT molecular complexity index is 1570. The van der Waals surface area contributed by atoms with Crippen molar-refractivity contribution in [1.82, 2.24) is 0 Å². The van der Waals surface area contributed by atoms with Gasteiger partial charge in [-0.2, -0.15) is 34.8 Å². The minimum absolute atomic E-state index is 0.0560. The van der Waals surface area contributed by atoms with Crippen LogP contribution in [0.3, 0.4) is 0 Å². The Morgan fingerprint density at radius 1 is 0.780 bits per heavy atom. The van der Waals surface area contributed by atoms with Gasteiger partial charge in [0.2, 0.25) is 0 Å². The van der Waals surface area contributed by atoms with Gasteiger partial charge in [0, 0.05) is 22.5 Å². The maximum atomic E-state index is 13.9. The van der Waals surface area contributed by atoms with Crippen LogP contribution in [0.25, 0.3) is 0 Å². The Labute approximate surface area is 229 Å². The standard InChI is InChI=1S/C26H21F7N2O5S/c1-14-11-17(24(25(28,29)30,26(31,32)33)40-41(3,38)39)12-15(2)21(14)35-22(36)16-7-6-8-18(13-16)34-23(37)19-9-4-5-10-20(19)27/h4-13H,1-3H3,(H,34,37)(H,35,36). The summed E-state index contributed by atoms with van der Waals surface area (Å²) in [6.07, 6.45) is -12.4. The molecule has 0 heterocycles. The lowest BCUT2D eigenvalue weighted by Gasteiger charge is -2.36. The smallest absolute Gasteiger partial charge is 0.322 e. The first-order valence-corrected chi connectivity index (χ1v) is 13.2. The van der Waals surface area contributed by atoms with Gasteiger partial charge in [-0.25, -0.2) is 8.57 Å². The Kier molecular flexibility index (Phi) is 8.56. The molecule has 7 nitrogen and oxygen atoms in total. The highest BCUT2D eigenvalue weighted by Crippen LogP contribution is 2.54. The number of hydrogen-bond donors (Lipinski definition) is 2. The molecule has 0 aliphatic rings. The Hall–Kier alpha value is -3.98. The lowest BCUT2D eigenvalue weighted by molar-refractivity contribution is -0.364. The zero-order valence-corrected chi connectivity index (χ0v) is 22.2. The Morgan fingerprint density at radius 3 is 1.85 bits per heavy atom.